The van der Waals surface area contributed by atoms with Crippen LogP contribution in [-0.4, -0.2) is 31.1 Å². The number of fused-ring (bicyclic) bond motifs is 1. The van der Waals surface area contributed by atoms with Crippen molar-refractivity contribution in [3.8, 4) is 0 Å². The maximum absolute atomic E-state index is 5.74. The maximum Gasteiger partial charge on any atom is 0.187 e. The van der Waals surface area contributed by atoms with E-state index in [9.17, 15) is 0 Å². The molecule has 1 aromatic carbocycles. The molecule has 112 valence electrons. The summed E-state index contributed by atoms with van der Waals surface area (Å²) in [5, 5.41) is 8.66. The molecule has 0 saturated heterocycles. The second kappa shape index (κ2) is 7.53. The number of ether oxygens (including phenoxy) is 1. The molecule has 2 N–H and O–H groups in total. The highest BCUT2D eigenvalue weighted by atomic mass is 79.9. The van der Waals surface area contributed by atoms with Crippen LogP contribution in [0.2, 0.25) is 0 Å². The minimum atomic E-state index is 0.449. The minimum Gasteiger partial charge on any atom is -0.455 e. The van der Waals surface area contributed by atoms with E-state index < -0.39 is 0 Å². The molecule has 0 radical (unpaired) electrons. The molecule has 0 aliphatic heterocycles. The van der Waals surface area contributed by atoms with Gasteiger partial charge in [-0.05, 0) is 43.4 Å². The van der Waals surface area contributed by atoms with Gasteiger partial charge in [-0.1, -0.05) is 15.9 Å². The molecule has 7 heteroatoms. The lowest BCUT2D eigenvalue weighted by atomic mass is 10.2. The molecule has 5 nitrogen and oxygen atoms in total. The van der Waals surface area contributed by atoms with Crippen molar-refractivity contribution in [1.82, 2.24) is 10.7 Å². The first kappa shape index (κ1) is 15.9. The van der Waals surface area contributed by atoms with Gasteiger partial charge in [0.1, 0.15) is 11.3 Å². The Labute approximate surface area is 136 Å². The molecule has 0 bridgehead atoms. The minimum absolute atomic E-state index is 0.449. The zero-order chi connectivity index (χ0) is 15.2. The zero-order valence-electron chi connectivity index (χ0n) is 11.8. The summed E-state index contributed by atoms with van der Waals surface area (Å²) in [6, 6.07) is 7.80. The van der Waals surface area contributed by atoms with Gasteiger partial charge in [0, 0.05) is 23.5 Å². The smallest absolute Gasteiger partial charge is 0.187 e. The number of methoxy groups -OCH3 is 1. The summed E-state index contributed by atoms with van der Waals surface area (Å²) in [6.45, 7) is 3.08. The first-order valence-corrected chi connectivity index (χ1v) is 7.57. The van der Waals surface area contributed by atoms with E-state index in [0.29, 0.717) is 24.0 Å². The number of thiocarbonyl (C=S) groups is 1. The number of hydrogen-bond acceptors (Lipinski definition) is 4. The first-order valence-electron chi connectivity index (χ1n) is 6.36. The molecular formula is C14H16BrN3O2S. The average molecular weight is 370 g/mol. The molecule has 0 amide bonds. The van der Waals surface area contributed by atoms with E-state index in [1.165, 1.54) is 0 Å². The van der Waals surface area contributed by atoms with Gasteiger partial charge in [-0.15, -0.1) is 0 Å². The van der Waals surface area contributed by atoms with Crippen LogP contribution in [0, 0.1) is 0 Å². The Balaban J connectivity index is 2.02. The molecule has 1 heterocycles. The number of nitrogens with one attached hydrogen (secondary N) is 2. The molecule has 0 saturated carbocycles. The monoisotopic (exact) mass is 369 g/mol. The lowest BCUT2D eigenvalue weighted by Crippen LogP contribution is -2.34. The van der Waals surface area contributed by atoms with Crippen molar-refractivity contribution in [2.75, 3.05) is 20.3 Å². The molecule has 1 aromatic heterocycles. The van der Waals surface area contributed by atoms with Gasteiger partial charge in [-0.3, -0.25) is 5.43 Å². The number of nitrogens with zero attached hydrogens (tertiary/aromatic N) is 1. The summed E-state index contributed by atoms with van der Waals surface area (Å²) in [5.41, 5.74) is 4.32. The normalized spacial score (nSPS) is 11.7. The highest BCUT2D eigenvalue weighted by Gasteiger charge is 2.07. The molecule has 0 atom stereocenters. The van der Waals surface area contributed by atoms with Crippen LogP contribution < -0.4 is 10.7 Å². The van der Waals surface area contributed by atoms with Gasteiger partial charge < -0.3 is 14.5 Å². The van der Waals surface area contributed by atoms with Crippen LogP contribution >= 0.6 is 28.1 Å². The average Bonchev–Trinajstić information content (AvgIpc) is 2.88. The summed E-state index contributed by atoms with van der Waals surface area (Å²) in [4.78, 5) is 0. The van der Waals surface area contributed by atoms with Gasteiger partial charge in [0.25, 0.3) is 0 Å². The molecule has 21 heavy (non-hydrogen) atoms. The van der Waals surface area contributed by atoms with Crippen LogP contribution in [-0.2, 0) is 4.74 Å². The van der Waals surface area contributed by atoms with E-state index >= 15 is 0 Å². The molecule has 2 rings (SSSR count). The van der Waals surface area contributed by atoms with Gasteiger partial charge in [-0.2, -0.15) is 5.10 Å². The second-order valence-corrected chi connectivity index (χ2v) is 5.67. The van der Waals surface area contributed by atoms with Crippen molar-refractivity contribution in [3.63, 3.8) is 0 Å². The largest absolute Gasteiger partial charge is 0.455 e. The van der Waals surface area contributed by atoms with Crippen molar-refractivity contribution >= 4 is 49.9 Å². The third kappa shape index (κ3) is 4.52. The third-order valence-electron chi connectivity index (χ3n) is 2.75. The lowest BCUT2D eigenvalue weighted by Gasteiger charge is -2.06. The van der Waals surface area contributed by atoms with Crippen molar-refractivity contribution in [2.24, 2.45) is 5.10 Å². The Hall–Kier alpha value is -1.44. The molecular weight excluding hydrogens is 354 g/mol. The predicted molar refractivity (Wildman–Crippen MR) is 91.7 cm³/mol. The number of hydrogen-bond donors (Lipinski definition) is 2. The standard InChI is InChI=1S/C14H16BrN3O2S/c1-9(17-18-14(21)16-5-6-19-2)13-8-10-7-11(15)3-4-12(10)20-13/h3-4,7-8H,5-6H2,1-2H3,(H2,16,18,21)/b17-9-. The predicted octanol–water partition coefficient (Wildman–Crippen LogP) is 3.03. The topological polar surface area (TPSA) is 58.8 Å². The number of furan rings is 1. The Morgan fingerprint density at radius 1 is 1.43 bits per heavy atom. The summed E-state index contributed by atoms with van der Waals surface area (Å²) >= 11 is 8.53. The fraction of sp³-hybridized carbons (Fsp3) is 0.286. The van der Waals surface area contributed by atoms with Gasteiger partial charge in [0.15, 0.2) is 10.9 Å². The van der Waals surface area contributed by atoms with Crippen LogP contribution in [0.1, 0.15) is 12.7 Å². The van der Waals surface area contributed by atoms with Crippen LogP contribution in [0.15, 0.2) is 38.3 Å². The number of halogens is 1. The van der Waals surface area contributed by atoms with Gasteiger partial charge >= 0.3 is 0 Å². The van der Waals surface area contributed by atoms with E-state index in [-0.39, 0.29) is 0 Å². The Bertz CT molecular complexity index is 669. The maximum atomic E-state index is 5.74. The van der Waals surface area contributed by atoms with E-state index in [1.54, 1.807) is 7.11 Å². The van der Waals surface area contributed by atoms with Crippen LogP contribution in [0.3, 0.4) is 0 Å². The van der Waals surface area contributed by atoms with Crippen LogP contribution in [0.25, 0.3) is 11.0 Å². The van der Waals surface area contributed by atoms with Crippen molar-refractivity contribution < 1.29 is 9.15 Å². The van der Waals surface area contributed by atoms with E-state index in [4.69, 9.17) is 21.4 Å². The van der Waals surface area contributed by atoms with Gasteiger partial charge in [0.05, 0.1) is 6.61 Å². The van der Waals surface area contributed by atoms with E-state index in [1.807, 2.05) is 31.2 Å². The summed E-state index contributed by atoms with van der Waals surface area (Å²) in [5.74, 6) is 0.704. The van der Waals surface area contributed by atoms with Crippen molar-refractivity contribution in [1.29, 1.82) is 0 Å². The number of benzene rings is 1. The molecule has 0 spiro atoms. The van der Waals surface area contributed by atoms with Gasteiger partial charge in [-0.25, -0.2) is 0 Å². The molecule has 2 aromatic rings. The summed E-state index contributed by atoms with van der Waals surface area (Å²) in [6.07, 6.45) is 0. The van der Waals surface area contributed by atoms with E-state index in [0.717, 1.165) is 21.2 Å². The molecule has 0 unspecified atom stereocenters. The number of hydrazone groups is 1. The Kier molecular flexibility index (Phi) is 5.72. The van der Waals surface area contributed by atoms with E-state index in [2.05, 4.69) is 31.8 Å². The molecule has 0 aliphatic carbocycles. The fourth-order valence-corrected chi connectivity index (χ4v) is 2.21. The fourth-order valence-electron chi connectivity index (χ4n) is 1.69. The highest BCUT2D eigenvalue weighted by Crippen LogP contribution is 2.23. The van der Waals surface area contributed by atoms with Crippen LogP contribution in [0.4, 0.5) is 0 Å². The zero-order valence-corrected chi connectivity index (χ0v) is 14.2. The highest BCUT2D eigenvalue weighted by molar-refractivity contribution is 9.10. The molecule has 0 aliphatic rings. The van der Waals surface area contributed by atoms with Crippen molar-refractivity contribution in [3.05, 3.63) is 34.5 Å². The number of rotatable bonds is 5. The quantitative estimate of drug-likeness (QED) is 0.367. The van der Waals surface area contributed by atoms with Gasteiger partial charge in [0.2, 0.25) is 0 Å². The third-order valence-corrected chi connectivity index (χ3v) is 3.48. The summed E-state index contributed by atoms with van der Waals surface area (Å²) in [7, 11) is 1.64. The Morgan fingerprint density at radius 2 is 2.24 bits per heavy atom. The van der Waals surface area contributed by atoms with Crippen LogP contribution in [0.5, 0.6) is 0 Å². The summed E-state index contributed by atoms with van der Waals surface area (Å²) < 4.78 is 11.7. The first-order chi connectivity index (χ1) is 10.1. The second-order valence-electron chi connectivity index (χ2n) is 4.35. The lowest BCUT2D eigenvalue weighted by molar-refractivity contribution is 0.204. The molecule has 0 fully saturated rings. The Morgan fingerprint density at radius 3 is 3.00 bits per heavy atom. The SMILES string of the molecule is COCCNC(=S)N/N=C(/C)c1cc2cc(Br)ccc2o1. The van der Waals surface area contributed by atoms with Crippen molar-refractivity contribution in [2.45, 2.75) is 6.92 Å².